The van der Waals surface area contributed by atoms with Crippen LogP contribution in [0, 0.1) is 0 Å². The van der Waals surface area contributed by atoms with Crippen molar-refractivity contribution in [2.75, 3.05) is 26.2 Å². The molecule has 1 aliphatic heterocycles. The number of aromatic nitrogens is 2. The SMILES string of the molecule is CC(c1nnc(-c2cccs2)o1)N1CCN(S(=O)(=O)c2ccc3c(c2)CCCC3)CC1. The highest BCUT2D eigenvalue weighted by Gasteiger charge is 2.32. The van der Waals surface area contributed by atoms with Crippen molar-refractivity contribution in [3.8, 4) is 10.8 Å². The molecule has 164 valence electrons. The number of benzene rings is 1. The summed E-state index contributed by atoms with van der Waals surface area (Å²) in [7, 11) is -3.48. The van der Waals surface area contributed by atoms with E-state index in [9.17, 15) is 8.42 Å². The summed E-state index contributed by atoms with van der Waals surface area (Å²) < 4.78 is 33.9. The third-order valence-electron chi connectivity index (χ3n) is 6.31. The Hall–Kier alpha value is -2.07. The second-order valence-electron chi connectivity index (χ2n) is 8.18. The van der Waals surface area contributed by atoms with Crippen LogP contribution < -0.4 is 0 Å². The van der Waals surface area contributed by atoms with Crippen molar-refractivity contribution in [2.24, 2.45) is 0 Å². The van der Waals surface area contributed by atoms with Crippen LogP contribution >= 0.6 is 11.3 Å². The molecule has 0 amide bonds. The molecule has 1 atom stereocenters. The van der Waals surface area contributed by atoms with Gasteiger partial charge in [-0.25, -0.2) is 8.42 Å². The van der Waals surface area contributed by atoms with E-state index < -0.39 is 10.0 Å². The number of rotatable bonds is 5. The van der Waals surface area contributed by atoms with E-state index in [-0.39, 0.29) is 6.04 Å². The molecule has 0 spiro atoms. The minimum Gasteiger partial charge on any atom is -0.418 e. The molecule has 2 aromatic heterocycles. The van der Waals surface area contributed by atoms with Crippen molar-refractivity contribution >= 4 is 21.4 Å². The fourth-order valence-electron chi connectivity index (χ4n) is 4.41. The molecule has 1 unspecified atom stereocenters. The maximum absolute atomic E-state index is 13.2. The third-order valence-corrected chi connectivity index (χ3v) is 9.06. The monoisotopic (exact) mass is 458 g/mol. The number of aryl methyl sites for hydroxylation is 2. The average Bonchev–Trinajstić information content (AvgIpc) is 3.50. The van der Waals surface area contributed by atoms with E-state index in [1.807, 2.05) is 36.6 Å². The number of hydrogen-bond acceptors (Lipinski definition) is 7. The van der Waals surface area contributed by atoms with E-state index >= 15 is 0 Å². The first-order valence-electron chi connectivity index (χ1n) is 10.8. The van der Waals surface area contributed by atoms with E-state index in [0.717, 1.165) is 24.1 Å². The number of fused-ring (bicyclic) bond motifs is 1. The maximum Gasteiger partial charge on any atom is 0.257 e. The van der Waals surface area contributed by atoms with E-state index in [2.05, 4.69) is 15.1 Å². The van der Waals surface area contributed by atoms with Crippen LogP contribution in [0.15, 0.2) is 45.0 Å². The summed E-state index contributed by atoms with van der Waals surface area (Å²) in [5, 5.41) is 10.4. The number of sulfonamides is 1. The summed E-state index contributed by atoms with van der Waals surface area (Å²) in [6.07, 6.45) is 4.35. The number of thiophene rings is 1. The van der Waals surface area contributed by atoms with Crippen molar-refractivity contribution in [1.29, 1.82) is 0 Å². The van der Waals surface area contributed by atoms with E-state index in [1.54, 1.807) is 21.7 Å². The molecular formula is C22H26N4O3S2. The largest absolute Gasteiger partial charge is 0.418 e. The fraction of sp³-hybridized carbons (Fsp3) is 0.455. The van der Waals surface area contributed by atoms with Crippen LogP contribution in [0.25, 0.3) is 10.8 Å². The molecule has 1 fully saturated rings. The predicted octanol–water partition coefficient (Wildman–Crippen LogP) is 3.74. The van der Waals surface area contributed by atoms with Crippen molar-refractivity contribution in [3.63, 3.8) is 0 Å². The maximum atomic E-state index is 13.2. The fourth-order valence-corrected chi connectivity index (χ4v) is 6.53. The summed E-state index contributed by atoms with van der Waals surface area (Å²) in [6, 6.07) is 9.52. The first-order valence-corrected chi connectivity index (χ1v) is 13.1. The van der Waals surface area contributed by atoms with Gasteiger partial charge < -0.3 is 4.42 Å². The first-order chi connectivity index (χ1) is 15.0. The minimum atomic E-state index is -3.48. The van der Waals surface area contributed by atoms with Gasteiger partial charge in [0.15, 0.2) is 0 Å². The lowest BCUT2D eigenvalue weighted by molar-refractivity contribution is 0.129. The molecule has 3 aromatic rings. The van der Waals surface area contributed by atoms with Gasteiger partial charge in [-0.1, -0.05) is 12.1 Å². The highest BCUT2D eigenvalue weighted by atomic mass is 32.2. The zero-order valence-electron chi connectivity index (χ0n) is 17.5. The molecule has 5 rings (SSSR count). The van der Waals surface area contributed by atoms with Gasteiger partial charge in [0.05, 0.1) is 15.8 Å². The number of hydrogen-bond donors (Lipinski definition) is 0. The quantitative estimate of drug-likeness (QED) is 0.579. The van der Waals surface area contributed by atoms with Crippen LogP contribution in [-0.4, -0.2) is 54.0 Å². The number of piperazine rings is 1. The standard InChI is InChI=1S/C22H26N4O3S2/c1-16(21-23-24-22(29-21)20-7-4-14-30-20)25-10-12-26(13-11-25)31(27,28)19-9-8-17-5-2-3-6-18(17)15-19/h4,7-9,14-16H,2-3,5-6,10-13H2,1H3. The van der Waals surface area contributed by atoms with Gasteiger partial charge in [0.25, 0.3) is 5.89 Å². The van der Waals surface area contributed by atoms with Crippen LogP contribution in [0.2, 0.25) is 0 Å². The second kappa shape index (κ2) is 8.46. The Kier molecular flexibility index (Phi) is 5.68. The van der Waals surface area contributed by atoms with Crippen molar-refractivity contribution in [2.45, 2.75) is 43.5 Å². The molecule has 0 radical (unpaired) electrons. The molecule has 1 aromatic carbocycles. The Morgan fingerprint density at radius 1 is 1.03 bits per heavy atom. The predicted molar refractivity (Wildman–Crippen MR) is 119 cm³/mol. The van der Waals surface area contributed by atoms with E-state index in [0.29, 0.717) is 42.9 Å². The summed E-state index contributed by atoms with van der Waals surface area (Å²) in [4.78, 5) is 3.57. The third kappa shape index (κ3) is 4.07. The molecule has 7 nitrogen and oxygen atoms in total. The lowest BCUT2D eigenvalue weighted by Gasteiger charge is -2.36. The average molecular weight is 459 g/mol. The first kappa shape index (κ1) is 20.8. The molecule has 31 heavy (non-hydrogen) atoms. The summed E-state index contributed by atoms with van der Waals surface area (Å²) in [5.74, 6) is 1.10. The van der Waals surface area contributed by atoms with Crippen LogP contribution in [0.4, 0.5) is 0 Å². The zero-order valence-corrected chi connectivity index (χ0v) is 19.2. The van der Waals surface area contributed by atoms with Gasteiger partial charge >= 0.3 is 0 Å². The van der Waals surface area contributed by atoms with Crippen molar-refractivity contribution in [1.82, 2.24) is 19.4 Å². The van der Waals surface area contributed by atoms with Crippen molar-refractivity contribution in [3.05, 3.63) is 52.7 Å². The molecule has 0 saturated carbocycles. The zero-order chi connectivity index (χ0) is 21.4. The van der Waals surface area contributed by atoms with Gasteiger partial charge in [-0.15, -0.1) is 21.5 Å². The Balaban J connectivity index is 1.25. The van der Waals surface area contributed by atoms with Crippen LogP contribution in [0.1, 0.15) is 42.8 Å². The molecule has 1 saturated heterocycles. The topological polar surface area (TPSA) is 79.5 Å². The molecule has 1 aliphatic carbocycles. The van der Waals surface area contributed by atoms with E-state index in [1.165, 1.54) is 17.5 Å². The van der Waals surface area contributed by atoms with Gasteiger partial charge in [0, 0.05) is 26.2 Å². The highest BCUT2D eigenvalue weighted by molar-refractivity contribution is 7.89. The number of nitrogens with zero attached hydrogens (tertiary/aromatic N) is 4. The van der Waals surface area contributed by atoms with Gasteiger partial charge in [-0.05, 0) is 67.3 Å². The molecule has 3 heterocycles. The lowest BCUT2D eigenvalue weighted by atomic mass is 9.92. The molecule has 2 aliphatic rings. The lowest BCUT2D eigenvalue weighted by Crippen LogP contribution is -2.49. The van der Waals surface area contributed by atoms with Crippen LogP contribution in [0.5, 0.6) is 0 Å². The highest BCUT2D eigenvalue weighted by Crippen LogP contribution is 2.29. The van der Waals surface area contributed by atoms with E-state index in [4.69, 9.17) is 4.42 Å². The second-order valence-corrected chi connectivity index (χ2v) is 11.1. The van der Waals surface area contributed by atoms with Gasteiger partial charge in [-0.3, -0.25) is 4.90 Å². The van der Waals surface area contributed by atoms with Gasteiger partial charge in [-0.2, -0.15) is 4.31 Å². The Morgan fingerprint density at radius 2 is 1.81 bits per heavy atom. The van der Waals surface area contributed by atoms with Gasteiger partial charge in [0.2, 0.25) is 15.9 Å². The van der Waals surface area contributed by atoms with Crippen LogP contribution in [0.3, 0.4) is 0 Å². The smallest absolute Gasteiger partial charge is 0.257 e. The Morgan fingerprint density at radius 3 is 2.55 bits per heavy atom. The summed E-state index contributed by atoms with van der Waals surface area (Å²) >= 11 is 1.56. The minimum absolute atomic E-state index is 0.0604. The molecule has 0 N–H and O–H groups in total. The normalized spacial score (nSPS) is 19.3. The Labute approximate surface area is 186 Å². The molecular weight excluding hydrogens is 432 g/mol. The van der Waals surface area contributed by atoms with Crippen LogP contribution in [-0.2, 0) is 22.9 Å². The van der Waals surface area contributed by atoms with Crippen molar-refractivity contribution < 1.29 is 12.8 Å². The molecule has 0 bridgehead atoms. The van der Waals surface area contributed by atoms with Gasteiger partial charge in [0.1, 0.15) is 0 Å². The summed E-state index contributed by atoms with van der Waals surface area (Å²) in [5.41, 5.74) is 2.49. The Bertz CT molecular complexity index is 1150. The summed E-state index contributed by atoms with van der Waals surface area (Å²) in [6.45, 7) is 4.19. The molecule has 9 heteroatoms.